The van der Waals surface area contributed by atoms with E-state index in [2.05, 4.69) is 10.3 Å². The molecule has 1 aliphatic rings. The summed E-state index contributed by atoms with van der Waals surface area (Å²) in [5.41, 5.74) is 4.19. The van der Waals surface area contributed by atoms with Gasteiger partial charge in [-0.15, -0.1) is 5.10 Å². The highest BCUT2D eigenvalue weighted by atomic mass is 16.3. The van der Waals surface area contributed by atoms with E-state index in [0.29, 0.717) is 17.8 Å². The van der Waals surface area contributed by atoms with Crippen LogP contribution >= 0.6 is 0 Å². The summed E-state index contributed by atoms with van der Waals surface area (Å²) in [5, 5.41) is 17.9. The van der Waals surface area contributed by atoms with E-state index in [1.165, 1.54) is 0 Å². The third-order valence-electron chi connectivity index (χ3n) is 5.20. The largest absolute Gasteiger partial charge is 0.463 e. The summed E-state index contributed by atoms with van der Waals surface area (Å²) in [6.07, 6.45) is 5.18. The van der Waals surface area contributed by atoms with Crippen LogP contribution in [0, 0.1) is 13.8 Å². The summed E-state index contributed by atoms with van der Waals surface area (Å²) in [4.78, 5) is 15.1. The number of fused-ring (bicyclic) bond motifs is 1. The van der Waals surface area contributed by atoms with Gasteiger partial charge in [0.25, 0.3) is 5.91 Å². The first kappa shape index (κ1) is 16.8. The zero-order valence-electron chi connectivity index (χ0n) is 15.0. The number of aliphatic hydroxyl groups excluding tert-OH is 1. The molecule has 3 aromatic rings. The number of aliphatic hydroxyl groups is 1. The first-order valence-electron chi connectivity index (χ1n) is 8.86. The van der Waals surface area contributed by atoms with Crippen molar-refractivity contribution in [3.8, 4) is 0 Å². The quantitative estimate of drug-likeness (QED) is 0.778. The Balaban J connectivity index is 1.59. The number of carbonyl (C=O) groups excluding carboxylic acids is 1. The van der Waals surface area contributed by atoms with Crippen molar-refractivity contribution in [3.05, 3.63) is 47.0 Å². The molecule has 1 fully saturated rings. The molecule has 26 heavy (non-hydrogen) atoms. The average molecular weight is 354 g/mol. The van der Waals surface area contributed by atoms with E-state index in [-0.39, 0.29) is 18.6 Å². The predicted molar refractivity (Wildman–Crippen MR) is 95.7 cm³/mol. The Hall–Kier alpha value is -2.67. The zero-order valence-corrected chi connectivity index (χ0v) is 15.0. The number of aromatic nitrogens is 3. The highest BCUT2D eigenvalue weighted by Gasteiger charge is 2.31. The maximum atomic E-state index is 13.2. The number of likely N-dealkylation sites (tertiary alicyclic amines) is 1. The Bertz CT molecular complexity index is 959. The number of rotatable bonds is 4. The Morgan fingerprint density at radius 3 is 2.92 bits per heavy atom. The molecular weight excluding hydrogens is 332 g/mol. The number of furan rings is 1. The molecule has 3 heterocycles. The Labute approximate surface area is 151 Å². The lowest BCUT2D eigenvalue weighted by Gasteiger charge is -2.24. The van der Waals surface area contributed by atoms with Gasteiger partial charge in [0, 0.05) is 11.9 Å². The summed E-state index contributed by atoms with van der Waals surface area (Å²) in [5.74, 6) is -0.00278. The van der Waals surface area contributed by atoms with Crippen LogP contribution in [0.15, 0.2) is 29.0 Å². The first-order chi connectivity index (χ1) is 12.6. The van der Waals surface area contributed by atoms with E-state index in [4.69, 9.17) is 9.52 Å². The third kappa shape index (κ3) is 2.88. The second-order valence-corrected chi connectivity index (χ2v) is 6.97. The number of aryl methyl sites for hydroxylation is 2. The van der Waals surface area contributed by atoms with Gasteiger partial charge in [-0.3, -0.25) is 9.48 Å². The van der Waals surface area contributed by atoms with Crippen molar-refractivity contribution in [1.82, 2.24) is 19.9 Å². The van der Waals surface area contributed by atoms with Gasteiger partial charge in [-0.1, -0.05) is 5.21 Å². The van der Waals surface area contributed by atoms with Crippen molar-refractivity contribution in [2.45, 2.75) is 45.9 Å². The first-order valence-corrected chi connectivity index (χ1v) is 8.86. The minimum Gasteiger partial charge on any atom is -0.463 e. The lowest BCUT2D eigenvalue weighted by molar-refractivity contribution is 0.0722. The van der Waals surface area contributed by atoms with Gasteiger partial charge in [-0.2, -0.15) is 0 Å². The van der Waals surface area contributed by atoms with Gasteiger partial charge in [0.05, 0.1) is 31.0 Å². The second kappa shape index (κ2) is 6.57. The van der Waals surface area contributed by atoms with Crippen LogP contribution in [0.2, 0.25) is 0 Å². The summed E-state index contributed by atoms with van der Waals surface area (Å²) < 4.78 is 7.33. The molecule has 7 nitrogen and oxygen atoms in total. The summed E-state index contributed by atoms with van der Waals surface area (Å²) in [6.45, 7) is 5.24. The predicted octanol–water partition coefficient (Wildman–Crippen LogP) is 2.44. The van der Waals surface area contributed by atoms with Gasteiger partial charge in [-0.25, -0.2) is 0 Å². The van der Waals surface area contributed by atoms with Crippen LogP contribution in [-0.4, -0.2) is 43.5 Å². The fraction of sp³-hybridized carbons (Fsp3) is 0.421. The molecule has 1 N–H and O–H groups in total. The van der Waals surface area contributed by atoms with E-state index in [1.807, 2.05) is 30.9 Å². The Morgan fingerprint density at radius 2 is 2.15 bits per heavy atom. The van der Waals surface area contributed by atoms with Crippen LogP contribution in [0.4, 0.5) is 0 Å². The highest BCUT2D eigenvalue weighted by molar-refractivity contribution is 6.06. The molecule has 0 unspecified atom stereocenters. The van der Waals surface area contributed by atoms with E-state index >= 15 is 0 Å². The summed E-state index contributed by atoms with van der Waals surface area (Å²) >= 11 is 0. The van der Waals surface area contributed by atoms with Gasteiger partial charge in [0.1, 0.15) is 17.5 Å². The fourth-order valence-corrected chi connectivity index (χ4v) is 3.61. The Morgan fingerprint density at radius 1 is 1.35 bits per heavy atom. The molecule has 136 valence electrons. The molecule has 1 atom stereocenters. The van der Waals surface area contributed by atoms with Crippen molar-refractivity contribution in [2.75, 3.05) is 6.54 Å². The maximum absolute atomic E-state index is 13.2. The van der Waals surface area contributed by atoms with E-state index in [1.54, 1.807) is 17.1 Å². The number of carbonyl (C=O) groups is 1. The van der Waals surface area contributed by atoms with Gasteiger partial charge in [0.2, 0.25) is 0 Å². The summed E-state index contributed by atoms with van der Waals surface area (Å²) in [6, 6.07) is 4.07. The van der Waals surface area contributed by atoms with E-state index in [0.717, 1.165) is 41.5 Å². The van der Waals surface area contributed by atoms with Gasteiger partial charge in [-0.05, 0) is 49.9 Å². The van der Waals surface area contributed by atoms with Crippen LogP contribution in [0.3, 0.4) is 0 Å². The SMILES string of the molecule is Cc1cc2occ(C(=O)N3CCC[C@H]3Cn3cc(CO)nn3)c2cc1C. The maximum Gasteiger partial charge on any atom is 0.258 e. The van der Waals surface area contributed by atoms with Crippen molar-refractivity contribution in [3.63, 3.8) is 0 Å². The molecule has 1 aliphatic heterocycles. The monoisotopic (exact) mass is 354 g/mol. The van der Waals surface area contributed by atoms with Gasteiger partial charge in [0.15, 0.2) is 0 Å². The van der Waals surface area contributed by atoms with Crippen molar-refractivity contribution in [1.29, 1.82) is 0 Å². The molecule has 0 spiro atoms. The molecule has 4 rings (SSSR count). The lowest BCUT2D eigenvalue weighted by Crippen LogP contribution is -2.38. The summed E-state index contributed by atoms with van der Waals surface area (Å²) in [7, 11) is 0. The Kier molecular flexibility index (Phi) is 4.24. The standard InChI is InChI=1S/C19H22N4O3/c1-12-6-16-17(11-26-18(16)7-13(12)2)19(25)23-5-3-4-15(23)9-22-8-14(10-24)20-21-22/h6-8,11,15,24H,3-5,9-10H2,1-2H3/t15-/m0/s1. The average Bonchev–Trinajstić information content (AvgIpc) is 3.35. The molecule has 7 heteroatoms. The molecule has 1 amide bonds. The van der Waals surface area contributed by atoms with E-state index in [9.17, 15) is 4.79 Å². The minimum atomic E-state index is -0.132. The molecule has 2 aromatic heterocycles. The fourth-order valence-electron chi connectivity index (χ4n) is 3.61. The number of amides is 1. The van der Waals surface area contributed by atoms with Crippen LogP contribution < -0.4 is 0 Å². The molecule has 0 bridgehead atoms. The molecule has 1 aromatic carbocycles. The molecule has 0 aliphatic carbocycles. The minimum absolute atomic E-state index is 0.00278. The molecule has 0 radical (unpaired) electrons. The van der Waals surface area contributed by atoms with Gasteiger partial charge >= 0.3 is 0 Å². The number of hydrogen-bond acceptors (Lipinski definition) is 5. The lowest BCUT2D eigenvalue weighted by atomic mass is 10.0. The van der Waals surface area contributed by atoms with Crippen LogP contribution in [0.1, 0.15) is 40.0 Å². The van der Waals surface area contributed by atoms with Crippen LogP contribution in [0.25, 0.3) is 11.0 Å². The smallest absolute Gasteiger partial charge is 0.258 e. The van der Waals surface area contributed by atoms with Crippen molar-refractivity contribution >= 4 is 16.9 Å². The number of benzene rings is 1. The second-order valence-electron chi connectivity index (χ2n) is 6.97. The van der Waals surface area contributed by atoms with Crippen LogP contribution in [0.5, 0.6) is 0 Å². The van der Waals surface area contributed by atoms with E-state index < -0.39 is 0 Å². The number of nitrogens with zero attached hydrogens (tertiary/aromatic N) is 4. The highest BCUT2D eigenvalue weighted by Crippen LogP contribution is 2.28. The van der Waals surface area contributed by atoms with Gasteiger partial charge < -0.3 is 14.4 Å². The van der Waals surface area contributed by atoms with Crippen molar-refractivity contribution < 1.29 is 14.3 Å². The normalized spacial score (nSPS) is 17.3. The zero-order chi connectivity index (χ0) is 18.3. The third-order valence-corrected chi connectivity index (χ3v) is 5.20. The molecule has 0 saturated carbocycles. The molecule has 1 saturated heterocycles. The number of hydrogen-bond donors (Lipinski definition) is 1. The van der Waals surface area contributed by atoms with Crippen molar-refractivity contribution in [2.24, 2.45) is 0 Å². The van der Waals surface area contributed by atoms with Crippen LogP contribution in [-0.2, 0) is 13.2 Å². The molecular formula is C19H22N4O3. The topological polar surface area (TPSA) is 84.4 Å².